The molecule has 2 heterocycles. The number of carbonyl (C=O) groups excluding carboxylic acids is 1. The van der Waals surface area contributed by atoms with Gasteiger partial charge in [-0.1, -0.05) is 30.3 Å². The number of aromatic nitrogens is 1. The van der Waals surface area contributed by atoms with Gasteiger partial charge in [0.05, 0.1) is 5.52 Å². The molecular formula is C25H28FN3O4. The number of hydrogen-bond acceptors (Lipinski definition) is 4. The van der Waals surface area contributed by atoms with E-state index in [9.17, 15) is 19.1 Å². The number of piperazine rings is 1. The van der Waals surface area contributed by atoms with Gasteiger partial charge in [-0.05, 0) is 44.5 Å². The SMILES string of the molecule is CC(C)(C)OC(=O)N1CCN(c2cc(F)cc3c2cc(C(=O)O)n3Cc2ccccc2)CC1. The van der Waals surface area contributed by atoms with Crippen molar-refractivity contribution < 1.29 is 23.8 Å². The number of benzene rings is 2. The summed E-state index contributed by atoms with van der Waals surface area (Å²) in [6.45, 7) is 7.64. The molecule has 4 rings (SSSR count). The minimum Gasteiger partial charge on any atom is -0.477 e. The van der Waals surface area contributed by atoms with Gasteiger partial charge in [0.25, 0.3) is 0 Å². The van der Waals surface area contributed by atoms with E-state index in [0.717, 1.165) is 5.56 Å². The standard InChI is InChI=1S/C25H28FN3O4/c1-25(2,3)33-24(32)28-11-9-27(10-12-28)20-13-18(26)14-21-19(20)15-22(23(30)31)29(21)16-17-7-5-4-6-8-17/h4-8,13-15H,9-12,16H2,1-3H3,(H,30,31). The van der Waals surface area contributed by atoms with Crippen molar-refractivity contribution in [2.75, 3.05) is 31.1 Å². The molecular weight excluding hydrogens is 425 g/mol. The van der Waals surface area contributed by atoms with Crippen molar-refractivity contribution in [2.45, 2.75) is 32.9 Å². The Morgan fingerprint density at radius 3 is 2.30 bits per heavy atom. The molecule has 3 aromatic rings. The average Bonchev–Trinajstić information content (AvgIpc) is 3.11. The topological polar surface area (TPSA) is 75.0 Å². The highest BCUT2D eigenvalue weighted by Crippen LogP contribution is 2.33. The molecule has 0 radical (unpaired) electrons. The van der Waals surface area contributed by atoms with Gasteiger partial charge in [-0.2, -0.15) is 0 Å². The molecule has 1 aliphatic rings. The number of fused-ring (bicyclic) bond motifs is 1. The Morgan fingerprint density at radius 2 is 1.70 bits per heavy atom. The van der Waals surface area contributed by atoms with E-state index in [-0.39, 0.29) is 11.8 Å². The molecule has 1 aliphatic heterocycles. The lowest BCUT2D eigenvalue weighted by molar-refractivity contribution is 0.0240. The highest BCUT2D eigenvalue weighted by molar-refractivity contribution is 6.00. The number of carbonyl (C=O) groups is 2. The number of anilines is 1. The van der Waals surface area contributed by atoms with Crippen LogP contribution in [0, 0.1) is 5.82 Å². The van der Waals surface area contributed by atoms with Crippen LogP contribution in [0.5, 0.6) is 0 Å². The maximum Gasteiger partial charge on any atom is 0.410 e. The Hall–Kier alpha value is -3.55. The van der Waals surface area contributed by atoms with Gasteiger partial charge in [-0.25, -0.2) is 14.0 Å². The number of ether oxygens (including phenoxy) is 1. The van der Waals surface area contributed by atoms with Crippen molar-refractivity contribution in [3.63, 3.8) is 0 Å². The number of carboxylic acids is 1. The second-order valence-corrected chi connectivity index (χ2v) is 9.22. The monoisotopic (exact) mass is 453 g/mol. The molecule has 33 heavy (non-hydrogen) atoms. The maximum absolute atomic E-state index is 14.7. The summed E-state index contributed by atoms with van der Waals surface area (Å²) in [5.41, 5.74) is 1.61. The van der Waals surface area contributed by atoms with E-state index < -0.39 is 17.4 Å². The van der Waals surface area contributed by atoms with Crippen molar-refractivity contribution in [1.29, 1.82) is 0 Å². The first-order valence-electron chi connectivity index (χ1n) is 11.0. The normalized spacial score (nSPS) is 14.5. The fourth-order valence-corrected chi connectivity index (χ4v) is 4.14. The highest BCUT2D eigenvalue weighted by atomic mass is 19.1. The van der Waals surface area contributed by atoms with Crippen LogP contribution >= 0.6 is 0 Å². The summed E-state index contributed by atoms with van der Waals surface area (Å²) in [6.07, 6.45) is -0.367. The molecule has 1 saturated heterocycles. The molecule has 1 amide bonds. The Bertz CT molecular complexity index is 1180. The zero-order valence-corrected chi connectivity index (χ0v) is 19.0. The number of hydrogen-bond donors (Lipinski definition) is 1. The van der Waals surface area contributed by atoms with E-state index in [2.05, 4.69) is 0 Å². The summed E-state index contributed by atoms with van der Waals surface area (Å²) in [5, 5.41) is 10.5. The third-order valence-electron chi connectivity index (χ3n) is 5.64. The summed E-state index contributed by atoms with van der Waals surface area (Å²) in [6, 6.07) is 13.9. The Labute approximate surface area is 192 Å². The van der Waals surface area contributed by atoms with Gasteiger partial charge in [0.2, 0.25) is 0 Å². The summed E-state index contributed by atoms with van der Waals surface area (Å²) in [7, 11) is 0. The largest absolute Gasteiger partial charge is 0.477 e. The van der Waals surface area contributed by atoms with Gasteiger partial charge in [0, 0.05) is 43.8 Å². The smallest absolute Gasteiger partial charge is 0.410 e. The lowest BCUT2D eigenvalue weighted by atomic mass is 10.1. The van der Waals surface area contributed by atoms with E-state index in [0.29, 0.717) is 49.3 Å². The van der Waals surface area contributed by atoms with Crippen molar-refractivity contribution >= 4 is 28.7 Å². The van der Waals surface area contributed by atoms with Crippen molar-refractivity contribution in [3.05, 3.63) is 65.6 Å². The van der Waals surface area contributed by atoms with E-state index in [1.807, 2.05) is 56.0 Å². The summed E-state index contributed by atoms with van der Waals surface area (Å²) < 4.78 is 21.8. The molecule has 0 spiro atoms. The first-order valence-corrected chi connectivity index (χ1v) is 11.0. The molecule has 0 unspecified atom stereocenters. The maximum atomic E-state index is 14.7. The first kappa shape index (κ1) is 22.6. The highest BCUT2D eigenvalue weighted by Gasteiger charge is 2.28. The van der Waals surface area contributed by atoms with Gasteiger partial charge in [0.1, 0.15) is 17.1 Å². The summed E-state index contributed by atoms with van der Waals surface area (Å²) in [5.74, 6) is -1.50. The molecule has 2 aromatic carbocycles. The number of aromatic carboxylic acids is 1. The molecule has 7 nitrogen and oxygen atoms in total. The molecule has 174 valence electrons. The zero-order valence-electron chi connectivity index (χ0n) is 19.0. The molecule has 0 saturated carbocycles. The Kier molecular flexibility index (Phi) is 6.01. The minimum absolute atomic E-state index is 0.105. The molecule has 1 N–H and O–H groups in total. The van der Waals surface area contributed by atoms with Crippen LogP contribution < -0.4 is 4.90 Å². The molecule has 0 atom stereocenters. The van der Waals surface area contributed by atoms with Gasteiger partial charge in [0.15, 0.2) is 0 Å². The molecule has 0 aliphatic carbocycles. The second-order valence-electron chi connectivity index (χ2n) is 9.22. The quantitative estimate of drug-likeness (QED) is 0.626. The predicted molar refractivity (Wildman–Crippen MR) is 124 cm³/mol. The van der Waals surface area contributed by atoms with E-state index >= 15 is 0 Å². The minimum atomic E-state index is -1.07. The second kappa shape index (κ2) is 8.77. The van der Waals surface area contributed by atoms with Crippen LogP contribution in [0.4, 0.5) is 14.9 Å². The van der Waals surface area contributed by atoms with Crippen LogP contribution in [0.25, 0.3) is 10.9 Å². The Morgan fingerprint density at radius 1 is 1.03 bits per heavy atom. The van der Waals surface area contributed by atoms with E-state index in [1.165, 1.54) is 12.1 Å². The van der Waals surface area contributed by atoms with E-state index in [4.69, 9.17) is 4.74 Å². The third-order valence-corrected chi connectivity index (χ3v) is 5.64. The predicted octanol–water partition coefficient (Wildman–Crippen LogP) is 4.58. The summed E-state index contributed by atoms with van der Waals surface area (Å²) >= 11 is 0. The van der Waals surface area contributed by atoms with Crippen LogP contribution in [0.3, 0.4) is 0 Å². The van der Waals surface area contributed by atoms with Crippen LogP contribution in [0.15, 0.2) is 48.5 Å². The fraction of sp³-hybridized carbons (Fsp3) is 0.360. The van der Waals surface area contributed by atoms with Gasteiger partial charge in [-0.3, -0.25) is 0 Å². The van der Waals surface area contributed by atoms with Crippen LogP contribution in [-0.4, -0.2) is 58.4 Å². The van der Waals surface area contributed by atoms with Crippen molar-refractivity contribution in [3.8, 4) is 0 Å². The molecule has 1 fully saturated rings. The van der Waals surface area contributed by atoms with Crippen molar-refractivity contribution in [1.82, 2.24) is 9.47 Å². The lowest BCUT2D eigenvalue weighted by Crippen LogP contribution is -2.50. The van der Waals surface area contributed by atoms with Gasteiger partial charge >= 0.3 is 12.1 Å². The molecule has 0 bridgehead atoms. The van der Waals surface area contributed by atoms with Gasteiger partial charge in [-0.15, -0.1) is 0 Å². The van der Waals surface area contributed by atoms with Crippen molar-refractivity contribution in [2.24, 2.45) is 0 Å². The molecule has 1 aromatic heterocycles. The van der Waals surface area contributed by atoms with Crippen LogP contribution in [-0.2, 0) is 11.3 Å². The van der Waals surface area contributed by atoms with Gasteiger partial charge < -0.3 is 24.2 Å². The summed E-state index contributed by atoms with van der Waals surface area (Å²) in [4.78, 5) is 28.0. The number of amides is 1. The lowest BCUT2D eigenvalue weighted by Gasteiger charge is -2.37. The first-order chi connectivity index (χ1) is 15.6. The number of rotatable bonds is 4. The number of nitrogens with zero attached hydrogens (tertiary/aromatic N) is 3. The van der Waals surface area contributed by atoms with E-state index in [1.54, 1.807) is 15.5 Å². The Balaban J connectivity index is 1.65. The zero-order chi connectivity index (χ0) is 23.8. The number of carboxylic acid groups (broad SMARTS) is 1. The average molecular weight is 454 g/mol. The fourth-order valence-electron chi connectivity index (χ4n) is 4.14. The third kappa shape index (κ3) is 4.94. The number of halogens is 1. The van der Waals surface area contributed by atoms with Crippen LogP contribution in [0.2, 0.25) is 0 Å². The molecule has 8 heteroatoms. The van der Waals surface area contributed by atoms with Crippen LogP contribution in [0.1, 0.15) is 36.8 Å².